The highest BCUT2D eigenvalue weighted by Gasteiger charge is 2.30. The van der Waals surface area contributed by atoms with Crippen molar-refractivity contribution in [3.8, 4) is 5.75 Å². The van der Waals surface area contributed by atoms with Crippen LogP contribution in [0.1, 0.15) is 51.6 Å². The third kappa shape index (κ3) is 8.66. The van der Waals surface area contributed by atoms with Gasteiger partial charge in [-0.25, -0.2) is 4.98 Å². The summed E-state index contributed by atoms with van der Waals surface area (Å²) in [7, 11) is 0. The molecule has 0 saturated heterocycles. The van der Waals surface area contributed by atoms with Gasteiger partial charge in [-0.1, -0.05) is 60.7 Å². The number of halogens is 3. The zero-order valence-corrected chi connectivity index (χ0v) is 22.6. The lowest BCUT2D eigenvalue weighted by atomic mass is 10.1. The van der Waals surface area contributed by atoms with E-state index in [4.69, 9.17) is 4.74 Å². The van der Waals surface area contributed by atoms with Crippen molar-refractivity contribution in [2.45, 2.75) is 52.3 Å². The molecule has 1 N–H and O–H groups in total. The molecule has 9 heteroatoms. The Kier molecular flexibility index (Phi) is 9.37. The molecule has 0 saturated carbocycles. The molecular formula is C30H30F3N3O2S. The summed E-state index contributed by atoms with van der Waals surface area (Å²) in [5.41, 5.74) is 2.24. The number of hydrogen-bond acceptors (Lipinski definition) is 5. The van der Waals surface area contributed by atoms with Gasteiger partial charge in [0.25, 0.3) is 5.91 Å². The van der Waals surface area contributed by atoms with E-state index in [0.29, 0.717) is 36.0 Å². The highest BCUT2D eigenvalue weighted by atomic mass is 32.1. The van der Waals surface area contributed by atoms with E-state index < -0.39 is 11.7 Å². The van der Waals surface area contributed by atoms with Crippen molar-refractivity contribution in [3.63, 3.8) is 0 Å². The van der Waals surface area contributed by atoms with Crippen molar-refractivity contribution in [1.82, 2.24) is 15.2 Å². The van der Waals surface area contributed by atoms with E-state index in [1.807, 2.05) is 73.3 Å². The number of nitrogens with zero attached hydrogens (tertiary/aromatic N) is 2. The van der Waals surface area contributed by atoms with E-state index in [2.05, 4.69) is 10.3 Å². The Morgan fingerprint density at radius 3 is 2.31 bits per heavy atom. The molecule has 0 atom stereocenters. The molecule has 1 aromatic heterocycles. The maximum Gasteiger partial charge on any atom is 0.416 e. The Morgan fingerprint density at radius 2 is 1.62 bits per heavy atom. The van der Waals surface area contributed by atoms with Crippen LogP contribution in [-0.4, -0.2) is 21.8 Å². The van der Waals surface area contributed by atoms with Gasteiger partial charge in [0.05, 0.1) is 12.1 Å². The van der Waals surface area contributed by atoms with Gasteiger partial charge in [-0.3, -0.25) is 9.69 Å². The van der Waals surface area contributed by atoms with E-state index in [-0.39, 0.29) is 18.5 Å². The van der Waals surface area contributed by atoms with Crippen molar-refractivity contribution in [3.05, 3.63) is 117 Å². The largest absolute Gasteiger partial charge is 0.489 e. The van der Waals surface area contributed by atoms with Crippen LogP contribution in [0.4, 0.5) is 13.2 Å². The molecule has 4 rings (SSSR count). The molecule has 4 aromatic rings. The lowest BCUT2D eigenvalue weighted by molar-refractivity contribution is -0.137. The van der Waals surface area contributed by atoms with Crippen LogP contribution in [0.2, 0.25) is 0 Å². The molecule has 0 spiro atoms. The van der Waals surface area contributed by atoms with Crippen molar-refractivity contribution in [2.75, 3.05) is 0 Å². The first kappa shape index (κ1) is 28.3. The first-order valence-electron chi connectivity index (χ1n) is 12.5. The number of carbonyl (C=O) groups excluding carboxylic acids is 1. The fourth-order valence-electron chi connectivity index (χ4n) is 3.98. The molecule has 0 radical (unpaired) electrons. The third-order valence-corrected chi connectivity index (χ3v) is 6.63. The maximum atomic E-state index is 13.3. The number of benzene rings is 3. The minimum atomic E-state index is -4.41. The van der Waals surface area contributed by atoms with Crippen molar-refractivity contribution >= 4 is 17.2 Å². The van der Waals surface area contributed by atoms with Gasteiger partial charge < -0.3 is 10.1 Å². The highest BCUT2D eigenvalue weighted by Crippen LogP contribution is 2.30. The number of amides is 1. The second-order valence-electron chi connectivity index (χ2n) is 9.52. The van der Waals surface area contributed by atoms with Crippen LogP contribution in [-0.2, 0) is 32.4 Å². The van der Waals surface area contributed by atoms with Crippen molar-refractivity contribution < 1.29 is 22.7 Å². The average molecular weight is 554 g/mol. The molecular weight excluding hydrogens is 523 g/mol. The summed E-state index contributed by atoms with van der Waals surface area (Å²) in [5.74, 6) is 0.482. The summed E-state index contributed by atoms with van der Waals surface area (Å²) in [4.78, 5) is 18.8. The SMILES string of the molecule is CC(C)NC(=O)c1csc(CN(Cc2ccc(OCc3ccccc3)cc2)Cc2cccc(C(F)(F)F)c2)n1. The summed E-state index contributed by atoms with van der Waals surface area (Å²) in [6, 6.07) is 22.9. The Balaban J connectivity index is 1.48. The molecule has 0 aliphatic carbocycles. The fraction of sp³-hybridized carbons (Fsp3) is 0.267. The fourth-order valence-corrected chi connectivity index (χ4v) is 4.79. The number of alkyl halides is 3. The van der Waals surface area contributed by atoms with Gasteiger partial charge >= 0.3 is 6.18 Å². The minimum Gasteiger partial charge on any atom is -0.489 e. The van der Waals surface area contributed by atoms with Crippen LogP contribution in [0.5, 0.6) is 5.75 Å². The minimum absolute atomic E-state index is 0.0142. The summed E-state index contributed by atoms with van der Waals surface area (Å²) >= 11 is 1.36. The molecule has 0 aliphatic rings. The third-order valence-electron chi connectivity index (χ3n) is 5.80. The van der Waals surface area contributed by atoms with Crippen LogP contribution < -0.4 is 10.1 Å². The molecule has 204 valence electrons. The van der Waals surface area contributed by atoms with Crippen LogP contribution in [0, 0.1) is 0 Å². The molecule has 5 nitrogen and oxygen atoms in total. The predicted octanol–water partition coefficient (Wildman–Crippen LogP) is 7.08. The second kappa shape index (κ2) is 12.9. The van der Waals surface area contributed by atoms with E-state index in [0.717, 1.165) is 22.9 Å². The Labute approximate surface area is 230 Å². The summed E-state index contributed by atoms with van der Waals surface area (Å²) in [5, 5.41) is 5.23. The molecule has 39 heavy (non-hydrogen) atoms. The van der Waals surface area contributed by atoms with Gasteiger partial charge in [0.15, 0.2) is 0 Å². The first-order valence-corrected chi connectivity index (χ1v) is 13.4. The van der Waals surface area contributed by atoms with E-state index in [1.165, 1.54) is 23.5 Å². The molecule has 0 aliphatic heterocycles. The van der Waals surface area contributed by atoms with Gasteiger partial charge in [0.1, 0.15) is 23.1 Å². The van der Waals surface area contributed by atoms with Crippen molar-refractivity contribution in [1.29, 1.82) is 0 Å². The molecule has 0 unspecified atom stereocenters. The van der Waals surface area contributed by atoms with Gasteiger partial charge in [-0.05, 0) is 48.7 Å². The van der Waals surface area contributed by atoms with Gasteiger partial charge in [0, 0.05) is 24.5 Å². The summed E-state index contributed by atoms with van der Waals surface area (Å²) < 4.78 is 45.8. The van der Waals surface area contributed by atoms with Crippen LogP contribution in [0.15, 0.2) is 84.2 Å². The Hall–Kier alpha value is -3.69. The van der Waals surface area contributed by atoms with E-state index >= 15 is 0 Å². The number of hydrogen-bond donors (Lipinski definition) is 1. The summed E-state index contributed by atoms with van der Waals surface area (Å²) in [6.45, 7) is 5.34. The van der Waals surface area contributed by atoms with E-state index in [9.17, 15) is 18.0 Å². The number of ether oxygens (including phenoxy) is 1. The summed E-state index contributed by atoms with van der Waals surface area (Å²) in [6.07, 6.45) is -4.41. The van der Waals surface area contributed by atoms with Crippen LogP contribution >= 0.6 is 11.3 Å². The number of rotatable bonds is 11. The zero-order chi connectivity index (χ0) is 27.8. The van der Waals surface area contributed by atoms with Gasteiger partial charge in [-0.15, -0.1) is 11.3 Å². The van der Waals surface area contributed by atoms with Gasteiger partial charge in [-0.2, -0.15) is 13.2 Å². The lowest BCUT2D eigenvalue weighted by Gasteiger charge is -2.22. The monoisotopic (exact) mass is 553 g/mol. The zero-order valence-electron chi connectivity index (χ0n) is 21.7. The molecule has 1 heterocycles. The first-order chi connectivity index (χ1) is 18.7. The number of aromatic nitrogens is 1. The average Bonchev–Trinajstić information content (AvgIpc) is 3.37. The number of nitrogens with one attached hydrogen (secondary N) is 1. The topological polar surface area (TPSA) is 54.5 Å². The Bertz CT molecular complexity index is 1360. The number of thiazole rings is 1. The van der Waals surface area contributed by atoms with Crippen LogP contribution in [0.25, 0.3) is 0 Å². The predicted molar refractivity (Wildman–Crippen MR) is 146 cm³/mol. The normalized spacial score (nSPS) is 11.7. The molecule has 1 amide bonds. The quantitative estimate of drug-likeness (QED) is 0.216. The second-order valence-corrected chi connectivity index (χ2v) is 10.5. The molecule has 0 bridgehead atoms. The lowest BCUT2D eigenvalue weighted by Crippen LogP contribution is -2.30. The maximum absolute atomic E-state index is 13.3. The Morgan fingerprint density at radius 1 is 0.923 bits per heavy atom. The molecule has 3 aromatic carbocycles. The highest BCUT2D eigenvalue weighted by molar-refractivity contribution is 7.09. The number of carbonyl (C=O) groups is 1. The van der Waals surface area contributed by atoms with Crippen molar-refractivity contribution in [2.24, 2.45) is 0 Å². The van der Waals surface area contributed by atoms with Crippen LogP contribution in [0.3, 0.4) is 0 Å². The van der Waals surface area contributed by atoms with E-state index in [1.54, 1.807) is 11.4 Å². The van der Waals surface area contributed by atoms with Gasteiger partial charge in [0.2, 0.25) is 0 Å². The smallest absolute Gasteiger partial charge is 0.416 e. The molecule has 0 fully saturated rings. The standard InChI is InChI=1S/C30H30F3N3O2S/c1-21(2)34-29(37)27-20-39-28(35-27)18-36(17-24-9-6-10-25(15-24)30(31,32)33)16-22-11-13-26(14-12-22)38-19-23-7-4-3-5-8-23/h3-15,20-21H,16-19H2,1-2H3,(H,34,37).